The van der Waals surface area contributed by atoms with Gasteiger partial charge in [0.25, 0.3) is 0 Å². The molecule has 20 heavy (non-hydrogen) atoms. The van der Waals surface area contributed by atoms with Gasteiger partial charge in [-0.15, -0.1) is 0 Å². The van der Waals surface area contributed by atoms with Gasteiger partial charge in [0.2, 0.25) is 0 Å². The Balaban J connectivity index is 1.83. The van der Waals surface area contributed by atoms with Crippen LogP contribution < -0.4 is 11.3 Å². The summed E-state index contributed by atoms with van der Waals surface area (Å²) in [6, 6.07) is 0.612. The second-order valence-electron chi connectivity index (χ2n) is 5.88. The third-order valence-electron chi connectivity index (χ3n) is 3.89. The SMILES string of the molecule is CC(C)n1ncnc1CC(CSC1CCCCC1)NN. The first-order chi connectivity index (χ1) is 9.70. The van der Waals surface area contributed by atoms with Crippen LogP contribution >= 0.6 is 11.8 Å². The summed E-state index contributed by atoms with van der Waals surface area (Å²) in [4.78, 5) is 4.37. The van der Waals surface area contributed by atoms with Gasteiger partial charge in [0, 0.05) is 29.5 Å². The molecule has 1 unspecified atom stereocenters. The van der Waals surface area contributed by atoms with Crippen molar-refractivity contribution in [3.05, 3.63) is 12.2 Å². The Bertz CT molecular complexity index is 387. The fourth-order valence-electron chi connectivity index (χ4n) is 2.72. The van der Waals surface area contributed by atoms with Crippen LogP contribution in [0.5, 0.6) is 0 Å². The van der Waals surface area contributed by atoms with Crippen molar-refractivity contribution in [3.8, 4) is 0 Å². The highest BCUT2D eigenvalue weighted by Crippen LogP contribution is 2.28. The molecule has 0 spiro atoms. The Labute approximate surface area is 126 Å². The van der Waals surface area contributed by atoms with E-state index in [2.05, 4.69) is 41.1 Å². The van der Waals surface area contributed by atoms with Crippen LogP contribution in [0.3, 0.4) is 0 Å². The van der Waals surface area contributed by atoms with E-state index in [0.717, 1.165) is 23.2 Å². The molecule has 1 aromatic heterocycles. The summed E-state index contributed by atoms with van der Waals surface area (Å²) in [5.74, 6) is 7.78. The van der Waals surface area contributed by atoms with Crippen LogP contribution in [0.25, 0.3) is 0 Å². The molecule has 2 rings (SSSR count). The molecular weight excluding hydrogens is 270 g/mol. The van der Waals surface area contributed by atoms with Gasteiger partial charge in [-0.1, -0.05) is 19.3 Å². The van der Waals surface area contributed by atoms with Crippen molar-refractivity contribution in [2.45, 2.75) is 69.7 Å². The Morgan fingerprint density at radius 2 is 2.15 bits per heavy atom. The van der Waals surface area contributed by atoms with Gasteiger partial charge in [-0.3, -0.25) is 11.3 Å². The third-order valence-corrected chi connectivity index (χ3v) is 5.42. The van der Waals surface area contributed by atoms with Crippen LogP contribution in [0.15, 0.2) is 6.33 Å². The minimum Gasteiger partial charge on any atom is -0.271 e. The minimum atomic E-state index is 0.267. The molecule has 1 fully saturated rings. The number of aromatic nitrogens is 3. The molecule has 0 aliphatic heterocycles. The normalized spacial score (nSPS) is 18.6. The van der Waals surface area contributed by atoms with Gasteiger partial charge in [-0.2, -0.15) is 16.9 Å². The lowest BCUT2D eigenvalue weighted by Crippen LogP contribution is -2.40. The van der Waals surface area contributed by atoms with E-state index in [1.165, 1.54) is 32.1 Å². The summed E-state index contributed by atoms with van der Waals surface area (Å²) in [5, 5.41) is 5.11. The number of hydrogen-bond donors (Lipinski definition) is 2. The van der Waals surface area contributed by atoms with Crippen molar-refractivity contribution in [1.82, 2.24) is 20.2 Å². The fourth-order valence-corrected chi connectivity index (χ4v) is 4.11. The zero-order chi connectivity index (χ0) is 14.4. The highest BCUT2D eigenvalue weighted by Gasteiger charge is 2.18. The van der Waals surface area contributed by atoms with E-state index in [-0.39, 0.29) is 6.04 Å². The summed E-state index contributed by atoms with van der Waals surface area (Å²) < 4.78 is 1.98. The number of rotatable bonds is 7. The van der Waals surface area contributed by atoms with Crippen molar-refractivity contribution in [2.24, 2.45) is 5.84 Å². The third kappa shape index (κ3) is 4.46. The van der Waals surface area contributed by atoms with Crippen molar-refractivity contribution >= 4 is 11.8 Å². The van der Waals surface area contributed by atoms with Crippen molar-refractivity contribution in [2.75, 3.05) is 5.75 Å². The zero-order valence-electron chi connectivity index (χ0n) is 12.6. The highest BCUT2D eigenvalue weighted by atomic mass is 32.2. The molecule has 0 saturated heterocycles. The van der Waals surface area contributed by atoms with Gasteiger partial charge < -0.3 is 0 Å². The van der Waals surface area contributed by atoms with Gasteiger partial charge in [0.1, 0.15) is 12.2 Å². The van der Waals surface area contributed by atoms with E-state index in [4.69, 9.17) is 5.84 Å². The average Bonchev–Trinajstić information content (AvgIpc) is 2.93. The number of nitrogens with one attached hydrogen (secondary N) is 1. The predicted molar refractivity (Wildman–Crippen MR) is 84.6 cm³/mol. The topological polar surface area (TPSA) is 68.8 Å². The van der Waals surface area contributed by atoms with E-state index < -0.39 is 0 Å². The molecule has 0 radical (unpaired) electrons. The predicted octanol–water partition coefficient (Wildman–Crippen LogP) is 2.30. The van der Waals surface area contributed by atoms with Crippen LogP contribution in [-0.4, -0.2) is 31.8 Å². The lowest BCUT2D eigenvalue weighted by Gasteiger charge is -2.23. The van der Waals surface area contributed by atoms with Gasteiger partial charge >= 0.3 is 0 Å². The number of thioether (sulfide) groups is 1. The number of hydrogen-bond acceptors (Lipinski definition) is 5. The summed E-state index contributed by atoms with van der Waals surface area (Å²) in [5.41, 5.74) is 2.94. The largest absolute Gasteiger partial charge is 0.271 e. The van der Waals surface area contributed by atoms with E-state index in [0.29, 0.717) is 6.04 Å². The van der Waals surface area contributed by atoms with Crippen LogP contribution in [0.1, 0.15) is 57.8 Å². The summed E-state index contributed by atoms with van der Waals surface area (Å²) in [7, 11) is 0. The average molecular weight is 297 g/mol. The first kappa shape index (κ1) is 15.8. The molecule has 1 atom stereocenters. The Morgan fingerprint density at radius 3 is 2.80 bits per heavy atom. The molecule has 5 nitrogen and oxygen atoms in total. The molecule has 0 aromatic carbocycles. The van der Waals surface area contributed by atoms with Crippen LogP contribution in [0, 0.1) is 0 Å². The number of nitrogens with two attached hydrogens (primary N) is 1. The highest BCUT2D eigenvalue weighted by molar-refractivity contribution is 7.99. The van der Waals surface area contributed by atoms with E-state index in [1.54, 1.807) is 6.33 Å². The molecule has 1 heterocycles. The van der Waals surface area contributed by atoms with Gasteiger partial charge in [-0.05, 0) is 26.7 Å². The summed E-state index contributed by atoms with van der Waals surface area (Å²) in [6.45, 7) is 4.25. The van der Waals surface area contributed by atoms with E-state index >= 15 is 0 Å². The monoisotopic (exact) mass is 297 g/mol. The van der Waals surface area contributed by atoms with Crippen molar-refractivity contribution < 1.29 is 0 Å². The first-order valence-electron chi connectivity index (χ1n) is 7.66. The second-order valence-corrected chi connectivity index (χ2v) is 7.21. The Morgan fingerprint density at radius 1 is 1.40 bits per heavy atom. The molecule has 114 valence electrons. The maximum atomic E-state index is 5.71. The number of hydrazine groups is 1. The summed E-state index contributed by atoms with van der Waals surface area (Å²) >= 11 is 2.07. The fraction of sp³-hybridized carbons (Fsp3) is 0.857. The van der Waals surface area contributed by atoms with Crippen LogP contribution in [0.2, 0.25) is 0 Å². The lowest BCUT2D eigenvalue weighted by molar-refractivity contribution is 0.475. The van der Waals surface area contributed by atoms with Gasteiger partial charge in [0.15, 0.2) is 0 Å². The standard InChI is InChI=1S/C14H27N5S/c1-11(2)19-14(16-10-17-19)8-12(18-15)9-20-13-6-4-3-5-7-13/h10-13,18H,3-9,15H2,1-2H3. The maximum Gasteiger partial charge on any atom is 0.138 e. The van der Waals surface area contributed by atoms with Crippen LogP contribution in [0.4, 0.5) is 0 Å². The Hall–Kier alpha value is -0.590. The van der Waals surface area contributed by atoms with Gasteiger partial charge in [-0.25, -0.2) is 9.67 Å². The molecule has 1 aliphatic carbocycles. The minimum absolute atomic E-state index is 0.267. The molecule has 6 heteroatoms. The molecule has 0 amide bonds. The van der Waals surface area contributed by atoms with Crippen molar-refractivity contribution in [1.29, 1.82) is 0 Å². The lowest BCUT2D eigenvalue weighted by atomic mass is 10.0. The van der Waals surface area contributed by atoms with Gasteiger partial charge in [0.05, 0.1) is 0 Å². The quantitative estimate of drug-likeness (QED) is 0.597. The molecule has 3 N–H and O–H groups in total. The van der Waals surface area contributed by atoms with E-state index in [9.17, 15) is 0 Å². The molecular formula is C14H27N5S. The smallest absolute Gasteiger partial charge is 0.138 e. The molecule has 1 aromatic rings. The zero-order valence-corrected chi connectivity index (χ0v) is 13.4. The van der Waals surface area contributed by atoms with Crippen LogP contribution in [-0.2, 0) is 6.42 Å². The second kappa shape index (κ2) is 8.00. The maximum absolute atomic E-state index is 5.71. The number of nitrogens with zero attached hydrogens (tertiary/aromatic N) is 3. The first-order valence-corrected chi connectivity index (χ1v) is 8.71. The molecule has 1 aliphatic rings. The van der Waals surface area contributed by atoms with E-state index in [1.807, 2.05) is 4.68 Å². The summed E-state index contributed by atoms with van der Waals surface area (Å²) in [6.07, 6.45) is 9.40. The molecule has 0 bridgehead atoms. The Kier molecular flexibility index (Phi) is 6.32. The van der Waals surface area contributed by atoms with Crippen molar-refractivity contribution in [3.63, 3.8) is 0 Å². The molecule has 1 saturated carbocycles.